The number of sulfone groups is 1. The average molecular weight is 294 g/mol. The van der Waals surface area contributed by atoms with Gasteiger partial charge in [0.1, 0.15) is 10.6 Å². The third-order valence-corrected chi connectivity index (χ3v) is 5.32. The highest BCUT2D eigenvalue weighted by Crippen LogP contribution is 2.39. The molecule has 0 aliphatic carbocycles. The second-order valence-corrected chi connectivity index (χ2v) is 6.79. The summed E-state index contributed by atoms with van der Waals surface area (Å²) in [7, 11) is -1.88. The zero-order valence-corrected chi connectivity index (χ0v) is 12.2. The van der Waals surface area contributed by atoms with E-state index in [1.165, 1.54) is 12.5 Å². The molecule has 1 saturated heterocycles. The maximum Gasteiger partial charge on any atom is 0.204 e. The first-order chi connectivity index (χ1) is 9.62. The van der Waals surface area contributed by atoms with Crippen LogP contribution in [0.2, 0.25) is 0 Å². The maximum atomic E-state index is 12.3. The Balaban J connectivity index is 1.95. The van der Waals surface area contributed by atoms with Gasteiger partial charge in [-0.2, -0.15) is 0 Å². The Hall–Kier alpha value is -1.37. The molecule has 1 aromatic carbocycles. The quantitative estimate of drug-likeness (QED) is 0.890. The Morgan fingerprint density at radius 3 is 2.75 bits per heavy atom. The minimum atomic E-state index is -3.38. The molecule has 108 valence electrons. The summed E-state index contributed by atoms with van der Waals surface area (Å²) in [6.45, 7) is 4.45. The molecule has 20 heavy (non-hydrogen) atoms. The van der Waals surface area contributed by atoms with Gasteiger partial charge in [0.15, 0.2) is 0 Å². The number of methoxy groups -OCH3 is 1. The van der Waals surface area contributed by atoms with Gasteiger partial charge in [0, 0.05) is 43.7 Å². The van der Waals surface area contributed by atoms with E-state index in [9.17, 15) is 8.42 Å². The highest BCUT2D eigenvalue weighted by atomic mass is 32.2. The number of nitrogens with zero attached hydrogens (tertiary/aromatic N) is 1. The lowest BCUT2D eigenvalue weighted by molar-refractivity contribution is 0.268. The zero-order valence-electron chi connectivity index (χ0n) is 11.4. The van der Waals surface area contributed by atoms with Gasteiger partial charge in [0.2, 0.25) is 9.84 Å². The van der Waals surface area contributed by atoms with E-state index in [4.69, 9.17) is 4.74 Å². The van der Waals surface area contributed by atoms with E-state index in [1.54, 1.807) is 6.07 Å². The first kappa shape index (κ1) is 13.6. The molecule has 6 heteroatoms. The first-order valence-electron chi connectivity index (χ1n) is 6.68. The molecule has 0 spiro atoms. The number of piperazine rings is 1. The number of rotatable bonds is 3. The largest absolute Gasteiger partial charge is 0.495 e. The third kappa shape index (κ3) is 2.34. The number of hydrogen-bond acceptors (Lipinski definition) is 5. The minimum absolute atomic E-state index is 0.313. The standard InChI is InChI=1S/C14H18N2O3S/c1-19-13-4-2-3-12-11(10-20(17,18)14(12)13)9-16-7-5-15-6-8-16/h2-4,10,15H,5-9H2,1H3. The Kier molecular flexibility index (Phi) is 3.54. The van der Waals surface area contributed by atoms with Gasteiger partial charge >= 0.3 is 0 Å². The Morgan fingerprint density at radius 1 is 1.30 bits per heavy atom. The molecule has 3 rings (SSSR count). The van der Waals surface area contributed by atoms with Gasteiger partial charge in [-0.25, -0.2) is 8.42 Å². The predicted molar refractivity (Wildman–Crippen MR) is 77.5 cm³/mol. The van der Waals surface area contributed by atoms with Crippen molar-refractivity contribution in [2.24, 2.45) is 0 Å². The topological polar surface area (TPSA) is 58.6 Å². The van der Waals surface area contributed by atoms with E-state index < -0.39 is 9.84 Å². The Labute approximate surface area is 119 Å². The van der Waals surface area contributed by atoms with Crippen molar-refractivity contribution in [2.45, 2.75) is 4.90 Å². The van der Waals surface area contributed by atoms with Crippen molar-refractivity contribution in [3.05, 3.63) is 29.2 Å². The van der Waals surface area contributed by atoms with Crippen molar-refractivity contribution in [3.8, 4) is 5.75 Å². The fourth-order valence-electron chi connectivity index (χ4n) is 2.77. The molecule has 0 radical (unpaired) electrons. The van der Waals surface area contributed by atoms with Gasteiger partial charge in [-0.1, -0.05) is 12.1 Å². The van der Waals surface area contributed by atoms with Crippen molar-refractivity contribution in [1.82, 2.24) is 10.2 Å². The van der Waals surface area contributed by atoms with Crippen molar-refractivity contribution < 1.29 is 13.2 Å². The lowest BCUT2D eigenvalue weighted by Gasteiger charge is -2.27. The van der Waals surface area contributed by atoms with Crippen LogP contribution >= 0.6 is 0 Å². The molecule has 2 heterocycles. The van der Waals surface area contributed by atoms with E-state index in [2.05, 4.69) is 10.2 Å². The molecule has 0 atom stereocenters. The summed E-state index contributed by atoms with van der Waals surface area (Å²) in [6.07, 6.45) is 0. The second kappa shape index (κ2) is 5.20. The van der Waals surface area contributed by atoms with Crippen molar-refractivity contribution in [2.75, 3.05) is 39.8 Å². The maximum absolute atomic E-state index is 12.3. The molecular weight excluding hydrogens is 276 g/mol. The number of ether oxygens (including phenoxy) is 1. The van der Waals surface area contributed by atoms with Crippen LogP contribution in [0.5, 0.6) is 5.75 Å². The van der Waals surface area contributed by atoms with Crippen LogP contribution < -0.4 is 10.1 Å². The van der Waals surface area contributed by atoms with Gasteiger partial charge < -0.3 is 10.1 Å². The van der Waals surface area contributed by atoms with Crippen LogP contribution in [0.4, 0.5) is 0 Å². The Morgan fingerprint density at radius 2 is 2.05 bits per heavy atom. The summed E-state index contributed by atoms with van der Waals surface area (Å²) in [5.41, 5.74) is 1.64. The smallest absolute Gasteiger partial charge is 0.204 e. The van der Waals surface area contributed by atoms with Gasteiger partial charge in [-0.05, 0) is 11.6 Å². The van der Waals surface area contributed by atoms with Crippen LogP contribution in [0.3, 0.4) is 0 Å². The summed E-state index contributed by atoms with van der Waals surface area (Å²) in [6, 6.07) is 5.39. The molecule has 2 aliphatic heterocycles. The van der Waals surface area contributed by atoms with Crippen LogP contribution in [0.15, 0.2) is 28.5 Å². The lowest BCUT2D eigenvalue weighted by atomic mass is 10.1. The van der Waals surface area contributed by atoms with Crippen LogP contribution in [0, 0.1) is 0 Å². The van der Waals surface area contributed by atoms with Crippen LogP contribution in [0.1, 0.15) is 5.56 Å². The van der Waals surface area contributed by atoms with Gasteiger partial charge in [-0.15, -0.1) is 0 Å². The van der Waals surface area contributed by atoms with Crippen molar-refractivity contribution in [1.29, 1.82) is 0 Å². The monoisotopic (exact) mass is 294 g/mol. The average Bonchev–Trinajstić information content (AvgIpc) is 2.71. The molecule has 0 aromatic heterocycles. The molecule has 2 aliphatic rings. The summed E-state index contributed by atoms with van der Waals surface area (Å²) < 4.78 is 29.8. The molecule has 0 amide bonds. The van der Waals surface area contributed by atoms with E-state index in [-0.39, 0.29) is 0 Å². The van der Waals surface area contributed by atoms with Crippen LogP contribution in [-0.4, -0.2) is 53.2 Å². The molecule has 5 nitrogen and oxygen atoms in total. The van der Waals surface area contributed by atoms with E-state index in [1.807, 2.05) is 12.1 Å². The van der Waals surface area contributed by atoms with Crippen LogP contribution in [-0.2, 0) is 9.84 Å². The van der Waals surface area contributed by atoms with Gasteiger partial charge in [-0.3, -0.25) is 4.90 Å². The second-order valence-electron chi connectivity index (χ2n) is 5.05. The zero-order chi connectivity index (χ0) is 14.2. The highest BCUT2D eigenvalue weighted by Gasteiger charge is 2.31. The normalized spacial score (nSPS) is 21.4. The van der Waals surface area contributed by atoms with E-state index in [0.717, 1.165) is 37.3 Å². The lowest BCUT2D eigenvalue weighted by Crippen LogP contribution is -2.43. The van der Waals surface area contributed by atoms with Crippen molar-refractivity contribution in [3.63, 3.8) is 0 Å². The molecule has 1 aromatic rings. The number of nitrogens with one attached hydrogen (secondary N) is 1. The molecule has 1 N–H and O–H groups in total. The molecule has 1 fully saturated rings. The van der Waals surface area contributed by atoms with Crippen LogP contribution in [0.25, 0.3) is 5.57 Å². The SMILES string of the molecule is COc1cccc2c1S(=O)(=O)C=C2CN1CCNCC1. The number of benzene rings is 1. The fourth-order valence-corrected chi connectivity index (χ4v) is 4.40. The third-order valence-electron chi connectivity index (χ3n) is 3.73. The summed E-state index contributed by atoms with van der Waals surface area (Å²) >= 11 is 0. The highest BCUT2D eigenvalue weighted by molar-refractivity contribution is 7.95. The summed E-state index contributed by atoms with van der Waals surface area (Å²) in [5, 5.41) is 4.68. The number of hydrogen-bond donors (Lipinski definition) is 1. The van der Waals surface area contributed by atoms with E-state index >= 15 is 0 Å². The van der Waals surface area contributed by atoms with Gasteiger partial charge in [0.05, 0.1) is 7.11 Å². The first-order valence-corrected chi connectivity index (χ1v) is 8.22. The number of fused-ring (bicyclic) bond motifs is 1. The molecule has 0 saturated carbocycles. The minimum Gasteiger partial charge on any atom is -0.495 e. The fraction of sp³-hybridized carbons (Fsp3) is 0.429. The Bertz CT molecular complexity index is 646. The molecule has 0 bridgehead atoms. The molecular formula is C14H18N2O3S. The van der Waals surface area contributed by atoms with E-state index in [0.29, 0.717) is 17.2 Å². The van der Waals surface area contributed by atoms with Gasteiger partial charge in [0.25, 0.3) is 0 Å². The van der Waals surface area contributed by atoms with Crippen molar-refractivity contribution >= 4 is 15.4 Å². The predicted octanol–water partition coefficient (Wildman–Crippen LogP) is 0.729. The molecule has 0 unspecified atom stereocenters. The summed E-state index contributed by atoms with van der Waals surface area (Å²) in [4.78, 5) is 2.58. The summed E-state index contributed by atoms with van der Waals surface area (Å²) in [5.74, 6) is 0.425.